The Bertz CT molecular complexity index is 515. The zero-order chi connectivity index (χ0) is 14.0. The van der Waals surface area contributed by atoms with Gasteiger partial charge in [0, 0.05) is 12.2 Å². The first kappa shape index (κ1) is 13.8. The van der Waals surface area contributed by atoms with Gasteiger partial charge in [0.15, 0.2) is 5.11 Å². The molecule has 1 aliphatic rings. The van der Waals surface area contributed by atoms with Crippen LogP contribution in [0.4, 0.5) is 5.69 Å². The molecule has 0 bridgehead atoms. The molecule has 3 N–H and O–H groups in total. The number of nitrogens with zero attached hydrogens (tertiary/aromatic N) is 1. The van der Waals surface area contributed by atoms with E-state index in [1.807, 2.05) is 18.7 Å². The summed E-state index contributed by atoms with van der Waals surface area (Å²) in [5.41, 5.74) is 8.69. The summed E-state index contributed by atoms with van der Waals surface area (Å²) in [5, 5.41) is 3.81. The first-order valence-electron chi connectivity index (χ1n) is 6.43. The van der Waals surface area contributed by atoms with Crippen molar-refractivity contribution in [2.75, 3.05) is 11.9 Å². The standard InChI is InChI=1S/C14H19N3OS/c1-9-5-6-10(2)11(8-9)16-14(19)17-7-3-4-12(17)13(15)18/h5-6,8,12H,3-4,7H2,1-2H3,(H2,15,18)(H,16,19)/t12-/m0/s1. The molecule has 0 radical (unpaired) electrons. The molecule has 1 aliphatic heterocycles. The van der Waals surface area contributed by atoms with Gasteiger partial charge in [-0.15, -0.1) is 0 Å². The highest BCUT2D eigenvalue weighted by Crippen LogP contribution is 2.21. The lowest BCUT2D eigenvalue weighted by atomic mass is 10.1. The minimum absolute atomic E-state index is 0.273. The van der Waals surface area contributed by atoms with Crippen LogP contribution in [0, 0.1) is 13.8 Å². The fraction of sp³-hybridized carbons (Fsp3) is 0.429. The van der Waals surface area contributed by atoms with Crippen LogP contribution in [0.5, 0.6) is 0 Å². The summed E-state index contributed by atoms with van der Waals surface area (Å²) in [4.78, 5) is 13.3. The summed E-state index contributed by atoms with van der Waals surface area (Å²) in [6, 6.07) is 5.89. The highest BCUT2D eigenvalue weighted by molar-refractivity contribution is 7.80. The molecule has 0 aromatic heterocycles. The van der Waals surface area contributed by atoms with E-state index in [0.717, 1.165) is 30.6 Å². The largest absolute Gasteiger partial charge is 0.368 e. The lowest BCUT2D eigenvalue weighted by Crippen LogP contribution is -2.45. The van der Waals surface area contributed by atoms with Gasteiger partial charge in [-0.1, -0.05) is 12.1 Å². The second kappa shape index (κ2) is 5.57. The fourth-order valence-electron chi connectivity index (χ4n) is 2.36. The molecule has 1 aromatic rings. The number of carbonyl (C=O) groups excluding carboxylic acids is 1. The first-order chi connectivity index (χ1) is 8.99. The summed E-state index contributed by atoms with van der Waals surface area (Å²) in [7, 11) is 0. The van der Waals surface area contributed by atoms with Crippen molar-refractivity contribution in [1.29, 1.82) is 0 Å². The minimum Gasteiger partial charge on any atom is -0.368 e. The molecule has 0 spiro atoms. The lowest BCUT2D eigenvalue weighted by Gasteiger charge is -2.26. The molecule has 1 amide bonds. The van der Waals surface area contributed by atoms with Crippen molar-refractivity contribution in [2.24, 2.45) is 5.73 Å². The van der Waals surface area contributed by atoms with Crippen LogP contribution in [0.1, 0.15) is 24.0 Å². The van der Waals surface area contributed by atoms with Crippen molar-refractivity contribution >= 4 is 28.9 Å². The molecular weight excluding hydrogens is 258 g/mol. The second-order valence-corrected chi connectivity index (χ2v) is 5.39. The Morgan fingerprint density at radius 2 is 2.21 bits per heavy atom. The van der Waals surface area contributed by atoms with E-state index in [4.69, 9.17) is 18.0 Å². The topological polar surface area (TPSA) is 58.4 Å². The Labute approximate surface area is 119 Å². The summed E-state index contributed by atoms with van der Waals surface area (Å²) in [5.74, 6) is -0.303. The quantitative estimate of drug-likeness (QED) is 0.811. The second-order valence-electron chi connectivity index (χ2n) is 5.00. The SMILES string of the molecule is Cc1ccc(C)c(NC(=S)N2CCC[C@H]2C(N)=O)c1. The van der Waals surface area contributed by atoms with Crippen molar-refractivity contribution in [3.8, 4) is 0 Å². The van der Waals surface area contributed by atoms with Gasteiger partial charge in [-0.3, -0.25) is 4.79 Å². The van der Waals surface area contributed by atoms with Crippen LogP contribution < -0.4 is 11.1 Å². The van der Waals surface area contributed by atoms with Crippen molar-refractivity contribution < 1.29 is 4.79 Å². The van der Waals surface area contributed by atoms with Crippen molar-refractivity contribution in [2.45, 2.75) is 32.7 Å². The van der Waals surface area contributed by atoms with Crippen molar-refractivity contribution in [3.63, 3.8) is 0 Å². The summed E-state index contributed by atoms with van der Waals surface area (Å²) < 4.78 is 0. The van der Waals surface area contributed by atoms with E-state index < -0.39 is 0 Å². The molecular formula is C14H19N3OS. The van der Waals surface area contributed by atoms with Gasteiger partial charge in [-0.05, 0) is 56.1 Å². The third kappa shape index (κ3) is 3.04. The molecule has 19 heavy (non-hydrogen) atoms. The van der Waals surface area contributed by atoms with Gasteiger partial charge in [-0.2, -0.15) is 0 Å². The number of hydrogen-bond acceptors (Lipinski definition) is 2. The number of hydrogen-bond donors (Lipinski definition) is 2. The smallest absolute Gasteiger partial charge is 0.240 e. The Morgan fingerprint density at radius 1 is 1.47 bits per heavy atom. The van der Waals surface area contributed by atoms with Gasteiger partial charge >= 0.3 is 0 Å². The van der Waals surface area contributed by atoms with Crippen molar-refractivity contribution in [1.82, 2.24) is 4.90 Å². The van der Waals surface area contributed by atoms with Gasteiger partial charge in [0.05, 0.1) is 0 Å². The number of benzene rings is 1. The summed E-state index contributed by atoms with van der Waals surface area (Å²) in [6.07, 6.45) is 1.73. The Balaban J connectivity index is 2.12. The fourth-order valence-corrected chi connectivity index (χ4v) is 2.69. The zero-order valence-electron chi connectivity index (χ0n) is 11.3. The molecule has 1 atom stereocenters. The van der Waals surface area contributed by atoms with E-state index in [2.05, 4.69) is 23.5 Å². The summed E-state index contributed by atoms with van der Waals surface area (Å²) >= 11 is 5.40. The molecule has 102 valence electrons. The lowest BCUT2D eigenvalue weighted by molar-refractivity contribution is -0.121. The Kier molecular flexibility index (Phi) is 4.04. The Morgan fingerprint density at radius 3 is 2.89 bits per heavy atom. The zero-order valence-corrected chi connectivity index (χ0v) is 12.1. The third-order valence-electron chi connectivity index (χ3n) is 3.48. The third-order valence-corrected chi connectivity index (χ3v) is 3.81. The van der Waals surface area contributed by atoms with E-state index in [-0.39, 0.29) is 11.9 Å². The highest BCUT2D eigenvalue weighted by atomic mass is 32.1. The van der Waals surface area contributed by atoms with E-state index in [1.165, 1.54) is 5.56 Å². The van der Waals surface area contributed by atoms with Gasteiger partial charge in [0.25, 0.3) is 0 Å². The van der Waals surface area contributed by atoms with Gasteiger partial charge in [-0.25, -0.2) is 0 Å². The van der Waals surface area contributed by atoms with Crippen molar-refractivity contribution in [3.05, 3.63) is 29.3 Å². The normalized spacial score (nSPS) is 18.4. The molecule has 1 heterocycles. The molecule has 5 heteroatoms. The predicted molar refractivity (Wildman–Crippen MR) is 81.1 cm³/mol. The van der Waals surface area contributed by atoms with E-state index >= 15 is 0 Å². The first-order valence-corrected chi connectivity index (χ1v) is 6.84. The van der Waals surface area contributed by atoms with Gasteiger partial charge in [0.1, 0.15) is 6.04 Å². The molecule has 2 rings (SSSR count). The highest BCUT2D eigenvalue weighted by Gasteiger charge is 2.30. The molecule has 0 aliphatic carbocycles. The maximum atomic E-state index is 11.4. The summed E-state index contributed by atoms with van der Waals surface area (Å²) in [6.45, 7) is 4.85. The van der Waals surface area contributed by atoms with Crippen LogP contribution in [0.15, 0.2) is 18.2 Å². The number of nitrogens with one attached hydrogen (secondary N) is 1. The number of rotatable bonds is 2. The number of nitrogens with two attached hydrogens (primary N) is 1. The number of anilines is 1. The minimum atomic E-state index is -0.303. The van der Waals surface area contributed by atoms with Crippen LogP contribution in [-0.2, 0) is 4.79 Å². The molecule has 4 nitrogen and oxygen atoms in total. The predicted octanol–water partition coefficient (Wildman–Crippen LogP) is 1.95. The number of likely N-dealkylation sites (tertiary alicyclic amines) is 1. The maximum Gasteiger partial charge on any atom is 0.240 e. The molecule has 1 fully saturated rings. The van der Waals surface area contributed by atoms with E-state index in [0.29, 0.717) is 5.11 Å². The number of amides is 1. The number of primary amides is 1. The van der Waals surface area contributed by atoms with Crippen LogP contribution in [0.25, 0.3) is 0 Å². The van der Waals surface area contributed by atoms with E-state index in [1.54, 1.807) is 0 Å². The van der Waals surface area contributed by atoms with Crippen LogP contribution in [0.2, 0.25) is 0 Å². The van der Waals surface area contributed by atoms with Crippen LogP contribution in [0.3, 0.4) is 0 Å². The van der Waals surface area contributed by atoms with Gasteiger partial charge in [0.2, 0.25) is 5.91 Å². The number of thiocarbonyl (C=S) groups is 1. The number of carbonyl (C=O) groups is 1. The molecule has 0 saturated carbocycles. The average molecular weight is 277 g/mol. The number of aryl methyl sites for hydroxylation is 2. The van der Waals surface area contributed by atoms with Crippen LogP contribution >= 0.6 is 12.2 Å². The molecule has 1 saturated heterocycles. The Hall–Kier alpha value is -1.62. The maximum absolute atomic E-state index is 11.4. The molecule has 1 aromatic carbocycles. The molecule has 0 unspecified atom stereocenters. The van der Waals surface area contributed by atoms with Gasteiger partial charge < -0.3 is 16.0 Å². The van der Waals surface area contributed by atoms with Crippen LogP contribution in [-0.4, -0.2) is 28.5 Å². The monoisotopic (exact) mass is 277 g/mol. The van der Waals surface area contributed by atoms with E-state index in [9.17, 15) is 4.79 Å². The average Bonchev–Trinajstić information content (AvgIpc) is 2.83.